The lowest BCUT2D eigenvalue weighted by Gasteiger charge is -2.49. The maximum Gasteiger partial charge on any atom is 0.262 e. The van der Waals surface area contributed by atoms with Crippen LogP contribution in [-0.4, -0.2) is 78.6 Å². The molecule has 256 valence electrons. The van der Waals surface area contributed by atoms with Crippen LogP contribution in [0.3, 0.4) is 0 Å². The van der Waals surface area contributed by atoms with Gasteiger partial charge in [-0.05, 0) is 111 Å². The van der Waals surface area contributed by atoms with Crippen molar-refractivity contribution in [1.82, 2.24) is 4.72 Å². The first-order valence-electron chi connectivity index (χ1n) is 16.9. The molecule has 0 aromatic heterocycles. The van der Waals surface area contributed by atoms with Gasteiger partial charge in [0.15, 0.2) is 0 Å². The van der Waals surface area contributed by atoms with Crippen LogP contribution in [0.4, 0.5) is 5.69 Å². The van der Waals surface area contributed by atoms with E-state index in [2.05, 4.69) is 27.6 Å². The molecular weight excluding hydrogens is 636 g/mol. The number of nitrogens with one attached hydrogen (secondary N) is 1. The van der Waals surface area contributed by atoms with E-state index in [1.54, 1.807) is 13.2 Å². The van der Waals surface area contributed by atoms with Crippen LogP contribution in [-0.2, 0) is 31.0 Å². The Morgan fingerprint density at radius 3 is 2.79 bits per heavy atom. The monoisotopic (exact) mass is 684 g/mol. The number of fused-ring (bicyclic) bond motifs is 4. The minimum Gasteiger partial charge on any atom is -0.490 e. The van der Waals surface area contributed by atoms with Crippen LogP contribution in [0, 0.1) is 17.8 Å². The number of amides is 1. The summed E-state index contributed by atoms with van der Waals surface area (Å²) in [5.74, 6) is 4.40. The van der Waals surface area contributed by atoms with E-state index in [4.69, 9.17) is 25.8 Å². The maximum absolute atomic E-state index is 13.8. The summed E-state index contributed by atoms with van der Waals surface area (Å²) < 4.78 is 34.4. The summed E-state index contributed by atoms with van der Waals surface area (Å²) in [5, 5.41) is 12.6. The fourth-order valence-electron chi connectivity index (χ4n) is 8.00. The third-order valence-electron chi connectivity index (χ3n) is 11.2. The second-order valence-electron chi connectivity index (χ2n) is 14.2. The van der Waals surface area contributed by atoms with Crippen molar-refractivity contribution in [3.05, 3.63) is 70.3 Å². The number of aliphatic hydroxyl groups is 1. The van der Waals surface area contributed by atoms with Gasteiger partial charge in [-0.15, -0.1) is 0 Å². The zero-order chi connectivity index (χ0) is 33.4. The van der Waals surface area contributed by atoms with Crippen molar-refractivity contribution in [1.29, 1.82) is 0 Å². The third kappa shape index (κ3) is 6.97. The molecule has 1 spiro atoms. The Morgan fingerprint density at radius 2 is 2.02 bits per heavy atom. The van der Waals surface area contributed by atoms with E-state index in [9.17, 15) is 14.1 Å². The maximum atomic E-state index is 13.8. The van der Waals surface area contributed by atoms with Crippen LogP contribution in [0.2, 0.25) is 5.02 Å². The first-order chi connectivity index (χ1) is 22.4. The second-order valence-corrected chi connectivity index (χ2v) is 17.1. The number of ether oxygens (including phenoxy) is 3. The van der Waals surface area contributed by atoms with E-state index < -0.39 is 26.5 Å². The molecular formula is C37H49ClN2O6S. The minimum atomic E-state index is -2.98. The van der Waals surface area contributed by atoms with Gasteiger partial charge in [-0.3, -0.25) is 9.52 Å². The highest BCUT2D eigenvalue weighted by molar-refractivity contribution is 7.99. The Balaban J connectivity index is 1.42. The van der Waals surface area contributed by atoms with Crippen molar-refractivity contribution in [2.45, 2.75) is 68.6 Å². The summed E-state index contributed by atoms with van der Waals surface area (Å²) in [5.41, 5.74) is 2.33. The van der Waals surface area contributed by atoms with Crippen molar-refractivity contribution in [3.63, 3.8) is 0 Å². The molecule has 47 heavy (non-hydrogen) atoms. The molecule has 2 aliphatic heterocycles. The van der Waals surface area contributed by atoms with Crippen molar-refractivity contribution in [2.24, 2.45) is 17.8 Å². The van der Waals surface area contributed by atoms with E-state index in [0.717, 1.165) is 42.8 Å². The average Bonchev–Trinajstić information content (AvgIpc) is 3.17. The standard InChI is InChI=1S/C37H49ClN2O6S/c1-25-7-5-16-37(42,24-45-18-17-44-3)32-12-9-29(32)21-40-22-36(15-6-8-27-19-30(38)11-13-31(27)36)23-46-34-14-10-28(20-33(34)40)35(41)39-47(4,43)26(25)2/h5,10-11,13-14,16,19-20,25-26,29,32,42H,4,6-9,12,15,17-18,21-24H2,1-3H3,(H,39,41,43)/b16-5+/t25-,26+,29-,32+,36-,37+,47?/m0/s1. The predicted molar refractivity (Wildman–Crippen MR) is 189 cm³/mol. The van der Waals surface area contributed by atoms with Gasteiger partial charge in [0.2, 0.25) is 0 Å². The number of nitrogens with zero attached hydrogens (tertiary/aromatic N) is 1. The van der Waals surface area contributed by atoms with E-state index in [0.29, 0.717) is 50.6 Å². The van der Waals surface area contributed by atoms with Crippen LogP contribution < -0.4 is 14.4 Å². The molecule has 7 atom stereocenters. The van der Waals surface area contributed by atoms with Crippen LogP contribution in [0.25, 0.3) is 0 Å². The summed E-state index contributed by atoms with van der Waals surface area (Å²) in [7, 11) is -1.35. The lowest BCUT2D eigenvalue weighted by Crippen LogP contribution is -2.54. The van der Waals surface area contributed by atoms with E-state index in [-0.39, 0.29) is 29.8 Å². The van der Waals surface area contributed by atoms with Crippen LogP contribution in [0.15, 0.2) is 48.6 Å². The Morgan fingerprint density at radius 1 is 1.19 bits per heavy atom. The highest BCUT2D eigenvalue weighted by Gasteiger charge is 2.48. The zero-order valence-electron chi connectivity index (χ0n) is 27.8. The zero-order valence-corrected chi connectivity index (χ0v) is 29.4. The largest absolute Gasteiger partial charge is 0.490 e. The van der Waals surface area contributed by atoms with Crippen molar-refractivity contribution >= 4 is 38.8 Å². The van der Waals surface area contributed by atoms with Gasteiger partial charge < -0.3 is 24.2 Å². The van der Waals surface area contributed by atoms with Crippen LogP contribution >= 0.6 is 11.6 Å². The molecule has 2 aromatic carbocycles. The number of carbonyl (C=O) groups excluding carboxylic acids is 1. The number of benzene rings is 2. The number of hydrogen-bond donors (Lipinski definition) is 2. The van der Waals surface area contributed by atoms with Crippen molar-refractivity contribution in [2.75, 3.05) is 51.5 Å². The second kappa shape index (κ2) is 13.7. The Hall–Kier alpha value is -2.56. The molecule has 1 saturated carbocycles. The third-order valence-corrected chi connectivity index (χ3v) is 13.6. The lowest BCUT2D eigenvalue weighted by molar-refractivity contribution is -0.0994. The van der Waals surface area contributed by atoms with Gasteiger partial charge in [-0.25, -0.2) is 4.21 Å². The molecule has 1 amide bonds. The minimum absolute atomic E-state index is 0.0218. The van der Waals surface area contributed by atoms with Gasteiger partial charge in [-0.1, -0.05) is 36.7 Å². The number of aryl methyl sites for hydroxylation is 1. The van der Waals surface area contributed by atoms with Crippen molar-refractivity contribution in [3.8, 4) is 5.75 Å². The van der Waals surface area contributed by atoms with Gasteiger partial charge in [0, 0.05) is 41.5 Å². The smallest absolute Gasteiger partial charge is 0.262 e. The summed E-state index contributed by atoms with van der Waals surface area (Å²) in [4.78, 5) is 16.0. The molecule has 2 aliphatic carbocycles. The molecule has 0 saturated heterocycles. The van der Waals surface area contributed by atoms with Crippen LogP contribution in [0.5, 0.6) is 5.75 Å². The topological polar surface area (TPSA) is 97.3 Å². The molecule has 0 radical (unpaired) electrons. The Bertz CT molecular complexity index is 1610. The molecule has 2 bridgehead atoms. The van der Waals surface area contributed by atoms with Crippen molar-refractivity contribution < 1.29 is 28.3 Å². The first kappa shape index (κ1) is 34.3. The van der Waals surface area contributed by atoms with E-state index >= 15 is 0 Å². The number of carbonyl (C=O) groups is 1. The average molecular weight is 685 g/mol. The summed E-state index contributed by atoms with van der Waals surface area (Å²) >= 11 is 6.44. The SMILES string of the molecule is C=S1(=O)NC(=O)c2ccc3c(c2)N(C[C@@H]2CC[C@H]2[C@](O)(COCCOC)/C=C/C[C@H](C)[C@H]1C)C[C@@]1(CCCc2cc(Cl)ccc21)CO3. The first-order valence-corrected chi connectivity index (χ1v) is 19.1. The van der Waals surface area contributed by atoms with E-state index in [1.807, 2.05) is 44.2 Å². The van der Waals surface area contributed by atoms with Crippen LogP contribution in [0.1, 0.15) is 67.4 Å². The quantitative estimate of drug-likeness (QED) is 0.241. The normalized spacial score (nSPS) is 34.7. The van der Waals surface area contributed by atoms with Gasteiger partial charge in [-0.2, -0.15) is 0 Å². The Labute approximate surface area is 284 Å². The fourth-order valence-corrected chi connectivity index (χ4v) is 9.68. The predicted octanol–water partition coefficient (Wildman–Crippen LogP) is 5.58. The highest BCUT2D eigenvalue weighted by atomic mass is 35.5. The van der Waals surface area contributed by atoms with Gasteiger partial charge in [0.05, 0.1) is 41.8 Å². The summed E-state index contributed by atoms with van der Waals surface area (Å²) in [6, 6.07) is 11.7. The molecule has 10 heteroatoms. The fraction of sp³-hybridized carbons (Fsp3) is 0.568. The molecule has 2 heterocycles. The molecule has 2 N–H and O–H groups in total. The summed E-state index contributed by atoms with van der Waals surface area (Å²) in [6.07, 6.45) is 9.28. The van der Waals surface area contributed by atoms with Gasteiger partial charge in [0.1, 0.15) is 11.4 Å². The summed E-state index contributed by atoms with van der Waals surface area (Å²) in [6.45, 7) is 6.77. The molecule has 6 rings (SSSR count). The number of methoxy groups -OCH3 is 1. The number of allylic oxidation sites excluding steroid dienone is 1. The molecule has 4 aliphatic rings. The number of hydrogen-bond acceptors (Lipinski definition) is 7. The number of halogens is 1. The number of rotatable bonds is 5. The van der Waals surface area contributed by atoms with Gasteiger partial charge in [0.25, 0.3) is 5.91 Å². The highest BCUT2D eigenvalue weighted by Crippen LogP contribution is 2.48. The van der Waals surface area contributed by atoms with Gasteiger partial charge >= 0.3 is 0 Å². The lowest BCUT2D eigenvalue weighted by atomic mass is 9.64. The molecule has 1 fully saturated rings. The van der Waals surface area contributed by atoms with E-state index in [1.165, 1.54) is 11.1 Å². The molecule has 1 unspecified atom stereocenters. The Kier molecular flexibility index (Phi) is 10.0. The number of anilines is 1. The molecule has 8 nitrogen and oxygen atoms in total. The molecule has 2 aromatic rings.